The van der Waals surface area contributed by atoms with E-state index in [-0.39, 0.29) is 6.61 Å². The lowest BCUT2D eigenvalue weighted by Crippen LogP contribution is -2.30. The number of carbonyl (C=O) groups is 1. The van der Waals surface area contributed by atoms with Crippen LogP contribution in [0.2, 0.25) is 0 Å². The highest BCUT2D eigenvalue weighted by molar-refractivity contribution is 5.93. The molecule has 0 aliphatic heterocycles. The van der Waals surface area contributed by atoms with Crippen LogP contribution in [0, 0.1) is 5.82 Å². The van der Waals surface area contributed by atoms with Crippen molar-refractivity contribution in [3.8, 4) is 0 Å². The van der Waals surface area contributed by atoms with Crippen molar-refractivity contribution in [3.05, 3.63) is 71.0 Å². The SMILES string of the molecule is NNC(=O)c1ccc(F)c(COCc2ccccc2)c1. The van der Waals surface area contributed by atoms with Crippen molar-refractivity contribution < 1.29 is 13.9 Å². The Morgan fingerprint density at radius 2 is 1.90 bits per heavy atom. The minimum absolute atomic E-state index is 0.0897. The Morgan fingerprint density at radius 3 is 2.60 bits per heavy atom. The number of nitrogens with two attached hydrogens (primary N) is 1. The van der Waals surface area contributed by atoms with Gasteiger partial charge in [0.05, 0.1) is 13.2 Å². The molecule has 0 radical (unpaired) electrons. The first-order valence-electron chi connectivity index (χ1n) is 6.11. The Labute approximate surface area is 116 Å². The van der Waals surface area contributed by atoms with Crippen LogP contribution in [0.4, 0.5) is 4.39 Å². The molecule has 0 aliphatic rings. The number of benzene rings is 2. The van der Waals surface area contributed by atoms with E-state index in [1.807, 2.05) is 35.8 Å². The number of amides is 1. The van der Waals surface area contributed by atoms with Crippen LogP contribution < -0.4 is 11.3 Å². The minimum atomic E-state index is -0.464. The fourth-order valence-corrected chi connectivity index (χ4v) is 1.76. The van der Waals surface area contributed by atoms with E-state index in [0.717, 1.165) is 5.56 Å². The van der Waals surface area contributed by atoms with Gasteiger partial charge in [0, 0.05) is 11.1 Å². The standard InChI is InChI=1S/C15H15FN2O2/c16-14-7-6-12(15(19)18-17)8-13(14)10-20-9-11-4-2-1-3-5-11/h1-8H,9-10,17H2,(H,18,19). The highest BCUT2D eigenvalue weighted by atomic mass is 19.1. The van der Waals surface area contributed by atoms with Crippen molar-refractivity contribution in [3.63, 3.8) is 0 Å². The lowest BCUT2D eigenvalue weighted by atomic mass is 10.1. The molecule has 0 saturated carbocycles. The molecule has 104 valence electrons. The number of nitrogen functional groups attached to an aromatic ring is 1. The molecular formula is C15H15FN2O2. The van der Waals surface area contributed by atoms with Gasteiger partial charge in [0.1, 0.15) is 5.82 Å². The summed E-state index contributed by atoms with van der Waals surface area (Å²) in [7, 11) is 0. The topological polar surface area (TPSA) is 64.3 Å². The summed E-state index contributed by atoms with van der Waals surface area (Å²) in [6.45, 7) is 0.472. The predicted octanol–water partition coefficient (Wildman–Crippen LogP) is 2.15. The fourth-order valence-electron chi connectivity index (χ4n) is 1.76. The number of hydrogen-bond acceptors (Lipinski definition) is 3. The average molecular weight is 274 g/mol. The van der Waals surface area contributed by atoms with Gasteiger partial charge >= 0.3 is 0 Å². The van der Waals surface area contributed by atoms with Crippen LogP contribution >= 0.6 is 0 Å². The number of hydrazine groups is 1. The van der Waals surface area contributed by atoms with Crippen LogP contribution in [0.25, 0.3) is 0 Å². The normalized spacial score (nSPS) is 10.3. The summed E-state index contributed by atoms with van der Waals surface area (Å²) in [5.74, 6) is 4.17. The maximum absolute atomic E-state index is 13.6. The van der Waals surface area contributed by atoms with Crippen LogP contribution in [-0.2, 0) is 18.0 Å². The van der Waals surface area contributed by atoms with Gasteiger partial charge in [0.2, 0.25) is 0 Å². The van der Waals surface area contributed by atoms with E-state index in [9.17, 15) is 9.18 Å². The quantitative estimate of drug-likeness (QED) is 0.499. The Bertz CT molecular complexity index is 588. The highest BCUT2D eigenvalue weighted by Crippen LogP contribution is 2.13. The summed E-state index contributed by atoms with van der Waals surface area (Å²) in [4.78, 5) is 11.4. The molecule has 0 bridgehead atoms. The van der Waals surface area contributed by atoms with Gasteiger partial charge in [-0.15, -0.1) is 0 Å². The number of hydrogen-bond donors (Lipinski definition) is 2. The lowest BCUT2D eigenvalue weighted by molar-refractivity contribution is 0.0951. The van der Waals surface area contributed by atoms with Crippen molar-refractivity contribution in [2.45, 2.75) is 13.2 Å². The van der Waals surface area contributed by atoms with E-state index < -0.39 is 11.7 Å². The summed E-state index contributed by atoms with van der Waals surface area (Å²) in [6.07, 6.45) is 0. The maximum atomic E-state index is 13.6. The Morgan fingerprint density at radius 1 is 1.15 bits per heavy atom. The molecule has 2 rings (SSSR count). The van der Waals surface area contributed by atoms with E-state index in [1.54, 1.807) is 0 Å². The van der Waals surface area contributed by atoms with Crippen molar-refractivity contribution >= 4 is 5.91 Å². The zero-order valence-electron chi connectivity index (χ0n) is 10.8. The monoisotopic (exact) mass is 274 g/mol. The highest BCUT2D eigenvalue weighted by Gasteiger charge is 2.08. The molecule has 0 aliphatic carbocycles. The number of halogens is 1. The third-order valence-electron chi connectivity index (χ3n) is 2.81. The van der Waals surface area contributed by atoms with Gasteiger partial charge in [-0.3, -0.25) is 10.2 Å². The van der Waals surface area contributed by atoms with Crippen LogP contribution in [0.3, 0.4) is 0 Å². The Balaban J connectivity index is 2.00. The summed E-state index contributed by atoms with van der Waals surface area (Å²) in [5, 5.41) is 0. The molecule has 0 aromatic heterocycles. The predicted molar refractivity (Wildman–Crippen MR) is 73.0 cm³/mol. The number of rotatable bonds is 5. The zero-order chi connectivity index (χ0) is 14.4. The molecule has 3 N–H and O–H groups in total. The van der Waals surface area contributed by atoms with E-state index >= 15 is 0 Å². The molecule has 20 heavy (non-hydrogen) atoms. The van der Waals surface area contributed by atoms with Crippen LogP contribution in [0.15, 0.2) is 48.5 Å². The molecule has 0 fully saturated rings. The van der Waals surface area contributed by atoms with Gasteiger partial charge in [0.15, 0.2) is 0 Å². The van der Waals surface area contributed by atoms with E-state index in [4.69, 9.17) is 10.6 Å². The fraction of sp³-hybridized carbons (Fsp3) is 0.133. The third-order valence-corrected chi connectivity index (χ3v) is 2.81. The zero-order valence-corrected chi connectivity index (χ0v) is 10.8. The van der Waals surface area contributed by atoms with Crippen LogP contribution in [-0.4, -0.2) is 5.91 Å². The molecule has 2 aromatic carbocycles. The molecule has 2 aromatic rings. The first-order chi connectivity index (χ1) is 9.70. The van der Waals surface area contributed by atoms with Gasteiger partial charge in [-0.1, -0.05) is 30.3 Å². The van der Waals surface area contributed by atoms with Crippen molar-refractivity contribution in [2.24, 2.45) is 5.84 Å². The van der Waals surface area contributed by atoms with Gasteiger partial charge < -0.3 is 4.74 Å². The van der Waals surface area contributed by atoms with Crippen molar-refractivity contribution in [1.82, 2.24) is 5.43 Å². The molecular weight excluding hydrogens is 259 g/mol. The molecule has 0 unspecified atom stereocenters. The molecule has 0 atom stereocenters. The Kier molecular flexibility index (Phi) is 4.81. The second-order valence-corrected chi connectivity index (χ2v) is 4.26. The van der Waals surface area contributed by atoms with E-state index in [1.165, 1.54) is 18.2 Å². The molecule has 0 spiro atoms. The minimum Gasteiger partial charge on any atom is -0.372 e. The number of ether oxygens (including phenoxy) is 1. The average Bonchev–Trinajstić information content (AvgIpc) is 2.49. The molecule has 0 saturated heterocycles. The van der Waals surface area contributed by atoms with Crippen LogP contribution in [0.5, 0.6) is 0 Å². The molecule has 4 nitrogen and oxygen atoms in total. The van der Waals surface area contributed by atoms with Gasteiger partial charge in [0.25, 0.3) is 5.91 Å². The van der Waals surface area contributed by atoms with Gasteiger partial charge in [-0.25, -0.2) is 10.2 Å². The van der Waals surface area contributed by atoms with Gasteiger partial charge in [-0.05, 0) is 23.8 Å². The molecule has 1 amide bonds. The van der Waals surface area contributed by atoms with Gasteiger partial charge in [-0.2, -0.15) is 0 Å². The smallest absolute Gasteiger partial charge is 0.265 e. The lowest BCUT2D eigenvalue weighted by Gasteiger charge is -2.07. The third kappa shape index (κ3) is 3.63. The largest absolute Gasteiger partial charge is 0.372 e. The summed E-state index contributed by atoms with van der Waals surface area (Å²) in [6, 6.07) is 13.6. The number of carbonyl (C=O) groups excluding carboxylic acids is 1. The first-order valence-corrected chi connectivity index (χ1v) is 6.11. The second-order valence-electron chi connectivity index (χ2n) is 4.26. The van der Waals surface area contributed by atoms with Crippen LogP contribution in [0.1, 0.15) is 21.5 Å². The number of nitrogens with one attached hydrogen (secondary N) is 1. The summed E-state index contributed by atoms with van der Waals surface area (Å²) in [5.41, 5.74) is 3.63. The van der Waals surface area contributed by atoms with Crippen molar-refractivity contribution in [2.75, 3.05) is 0 Å². The van der Waals surface area contributed by atoms with E-state index in [0.29, 0.717) is 17.7 Å². The second kappa shape index (κ2) is 6.79. The summed E-state index contributed by atoms with van der Waals surface area (Å²) < 4.78 is 19.1. The Hall–Kier alpha value is -2.24. The summed E-state index contributed by atoms with van der Waals surface area (Å²) >= 11 is 0. The van der Waals surface area contributed by atoms with Crippen molar-refractivity contribution in [1.29, 1.82) is 0 Å². The molecule has 0 heterocycles. The first kappa shape index (κ1) is 14.2. The molecule has 5 heteroatoms. The maximum Gasteiger partial charge on any atom is 0.265 e. The van der Waals surface area contributed by atoms with E-state index in [2.05, 4.69) is 0 Å².